The van der Waals surface area contributed by atoms with Crippen molar-refractivity contribution >= 4 is 5.91 Å². The van der Waals surface area contributed by atoms with Crippen molar-refractivity contribution < 1.29 is 4.79 Å². The van der Waals surface area contributed by atoms with E-state index in [1.807, 2.05) is 0 Å². The average Bonchev–Trinajstić information content (AvgIpc) is 3.00. The number of likely N-dealkylation sites (tertiary alicyclic amines) is 1. The summed E-state index contributed by atoms with van der Waals surface area (Å²) >= 11 is 0. The Morgan fingerprint density at radius 2 is 1.89 bits per heavy atom. The van der Waals surface area contributed by atoms with Crippen molar-refractivity contribution in [1.29, 1.82) is 0 Å². The van der Waals surface area contributed by atoms with Gasteiger partial charge in [-0.2, -0.15) is 0 Å². The second-order valence-electron chi connectivity index (χ2n) is 6.65. The highest BCUT2D eigenvalue weighted by molar-refractivity contribution is 5.80. The molecule has 0 aromatic heterocycles. The lowest BCUT2D eigenvalue weighted by Crippen LogP contribution is -2.50. The Morgan fingerprint density at radius 3 is 2.47 bits per heavy atom. The van der Waals surface area contributed by atoms with Crippen LogP contribution >= 0.6 is 0 Å². The Hall–Kier alpha value is -0.610. The van der Waals surface area contributed by atoms with Gasteiger partial charge in [-0.15, -0.1) is 0 Å². The van der Waals surface area contributed by atoms with E-state index in [2.05, 4.69) is 17.1 Å². The van der Waals surface area contributed by atoms with Crippen molar-refractivity contribution in [3.8, 4) is 0 Å². The van der Waals surface area contributed by atoms with E-state index in [-0.39, 0.29) is 17.9 Å². The van der Waals surface area contributed by atoms with Gasteiger partial charge in [0.05, 0.1) is 5.92 Å². The summed E-state index contributed by atoms with van der Waals surface area (Å²) in [6.45, 7) is 5.56. The number of nitrogens with one attached hydrogen (secondary N) is 1. The van der Waals surface area contributed by atoms with Crippen LogP contribution in [0.3, 0.4) is 0 Å². The van der Waals surface area contributed by atoms with Crippen molar-refractivity contribution in [2.75, 3.05) is 19.6 Å². The number of nitrogens with zero attached hydrogens (tertiary/aromatic N) is 1. The summed E-state index contributed by atoms with van der Waals surface area (Å²) in [7, 11) is 0. The van der Waals surface area contributed by atoms with Crippen LogP contribution in [0.2, 0.25) is 0 Å². The van der Waals surface area contributed by atoms with E-state index in [0.29, 0.717) is 17.9 Å². The highest BCUT2D eigenvalue weighted by Gasteiger charge is 2.49. The summed E-state index contributed by atoms with van der Waals surface area (Å²) in [5, 5.41) is 3.28. The molecule has 2 aliphatic carbocycles. The third kappa shape index (κ3) is 2.52. The lowest BCUT2D eigenvalue weighted by atomic mass is 9.84. The highest BCUT2D eigenvalue weighted by atomic mass is 16.2. The minimum absolute atomic E-state index is 0.1000. The molecule has 1 amide bonds. The first-order chi connectivity index (χ1) is 9.19. The van der Waals surface area contributed by atoms with E-state index in [9.17, 15) is 4.79 Å². The first-order valence-corrected chi connectivity index (χ1v) is 7.97. The van der Waals surface area contributed by atoms with Crippen LogP contribution in [0.15, 0.2) is 0 Å². The van der Waals surface area contributed by atoms with Crippen LogP contribution in [0.5, 0.6) is 0 Å². The molecule has 108 valence electrons. The number of carbonyl (C=O) groups is 1. The van der Waals surface area contributed by atoms with Crippen molar-refractivity contribution in [3.05, 3.63) is 0 Å². The Balaban J connectivity index is 1.52. The van der Waals surface area contributed by atoms with E-state index >= 15 is 0 Å². The third-order valence-corrected chi connectivity index (χ3v) is 5.66. The maximum Gasteiger partial charge on any atom is 0.225 e. The van der Waals surface area contributed by atoms with Crippen LogP contribution in [0.4, 0.5) is 0 Å². The van der Waals surface area contributed by atoms with Crippen LogP contribution in [0, 0.1) is 17.8 Å². The molecule has 1 heterocycles. The molecular formula is C15H27N3O. The van der Waals surface area contributed by atoms with E-state index in [1.54, 1.807) is 0 Å². The zero-order valence-electron chi connectivity index (χ0n) is 12.0. The van der Waals surface area contributed by atoms with Gasteiger partial charge in [0.2, 0.25) is 5.91 Å². The van der Waals surface area contributed by atoms with E-state index in [1.165, 1.54) is 19.3 Å². The van der Waals surface area contributed by atoms with Crippen molar-refractivity contribution in [3.63, 3.8) is 0 Å². The topological polar surface area (TPSA) is 58.4 Å². The first kappa shape index (κ1) is 13.4. The zero-order valence-corrected chi connectivity index (χ0v) is 12.0. The van der Waals surface area contributed by atoms with Gasteiger partial charge in [0.15, 0.2) is 0 Å². The largest absolute Gasteiger partial charge is 0.353 e. The molecule has 0 spiro atoms. The number of nitrogens with two attached hydrogens (primary N) is 1. The molecule has 2 saturated carbocycles. The summed E-state index contributed by atoms with van der Waals surface area (Å²) in [4.78, 5) is 14.9. The summed E-state index contributed by atoms with van der Waals surface area (Å²) < 4.78 is 0. The summed E-state index contributed by atoms with van der Waals surface area (Å²) in [6, 6.07) is 0.496. The maximum absolute atomic E-state index is 12.5. The molecule has 3 fully saturated rings. The molecule has 19 heavy (non-hydrogen) atoms. The quantitative estimate of drug-likeness (QED) is 0.799. The van der Waals surface area contributed by atoms with Crippen LogP contribution in [0.1, 0.15) is 39.0 Å². The van der Waals surface area contributed by atoms with Gasteiger partial charge in [0.1, 0.15) is 0 Å². The summed E-state index contributed by atoms with van der Waals surface area (Å²) in [5.74, 6) is 1.52. The molecule has 4 nitrogen and oxygen atoms in total. The maximum atomic E-state index is 12.5. The molecule has 3 aliphatic rings. The Morgan fingerprint density at radius 1 is 1.21 bits per heavy atom. The number of rotatable bonds is 3. The Bertz CT molecular complexity index is 336. The fourth-order valence-electron chi connectivity index (χ4n) is 4.42. The summed E-state index contributed by atoms with van der Waals surface area (Å²) in [5.41, 5.74) is 6.24. The van der Waals surface area contributed by atoms with Crippen molar-refractivity contribution in [2.45, 2.75) is 51.1 Å². The molecule has 3 rings (SSSR count). The standard InChI is InChI=1S/C15H27N3O/c1-2-18-7-5-12(6-8-18)17-15(19)13-10-3-4-11(9-10)14(13)16/h10-14H,2-9,16H2,1H3,(H,17,19). The van der Waals surface area contributed by atoms with Gasteiger partial charge in [-0.3, -0.25) is 4.79 Å². The smallest absolute Gasteiger partial charge is 0.225 e. The third-order valence-electron chi connectivity index (χ3n) is 5.66. The van der Waals surface area contributed by atoms with Crippen molar-refractivity contribution in [1.82, 2.24) is 10.2 Å². The molecule has 2 bridgehead atoms. The number of fused-ring (bicyclic) bond motifs is 2. The van der Waals surface area contributed by atoms with Gasteiger partial charge >= 0.3 is 0 Å². The van der Waals surface area contributed by atoms with Crippen LogP contribution in [-0.2, 0) is 4.79 Å². The number of hydrogen-bond acceptors (Lipinski definition) is 3. The normalized spacial score (nSPS) is 39.7. The molecule has 0 aromatic carbocycles. The van der Waals surface area contributed by atoms with Gasteiger partial charge in [0, 0.05) is 25.2 Å². The summed E-state index contributed by atoms with van der Waals surface area (Å²) in [6.07, 6.45) is 5.83. The monoisotopic (exact) mass is 265 g/mol. The minimum Gasteiger partial charge on any atom is -0.353 e. The number of amides is 1. The number of piperidine rings is 1. The van der Waals surface area contributed by atoms with E-state index in [0.717, 1.165) is 32.5 Å². The second kappa shape index (κ2) is 5.41. The SMILES string of the molecule is CCN1CCC(NC(=O)C2C3CCC(C3)C2N)CC1. The molecule has 1 aliphatic heterocycles. The van der Waals surface area contributed by atoms with Crippen LogP contribution in [0.25, 0.3) is 0 Å². The van der Waals surface area contributed by atoms with Gasteiger partial charge in [-0.1, -0.05) is 6.92 Å². The molecule has 0 aromatic rings. The van der Waals surface area contributed by atoms with E-state index < -0.39 is 0 Å². The molecule has 1 saturated heterocycles. The predicted molar refractivity (Wildman–Crippen MR) is 75.6 cm³/mol. The molecule has 4 unspecified atom stereocenters. The molecule has 3 N–H and O–H groups in total. The average molecular weight is 265 g/mol. The predicted octanol–water partition coefficient (Wildman–Crippen LogP) is 0.960. The highest BCUT2D eigenvalue weighted by Crippen LogP contribution is 2.47. The van der Waals surface area contributed by atoms with Gasteiger partial charge in [-0.05, 0) is 50.5 Å². The van der Waals surface area contributed by atoms with Gasteiger partial charge in [-0.25, -0.2) is 0 Å². The van der Waals surface area contributed by atoms with Gasteiger partial charge in [0.25, 0.3) is 0 Å². The van der Waals surface area contributed by atoms with Crippen LogP contribution < -0.4 is 11.1 Å². The first-order valence-electron chi connectivity index (χ1n) is 7.97. The molecule has 4 heteroatoms. The van der Waals surface area contributed by atoms with Gasteiger partial charge < -0.3 is 16.0 Å². The van der Waals surface area contributed by atoms with Crippen molar-refractivity contribution in [2.24, 2.45) is 23.5 Å². The fourth-order valence-corrected chi connectivity index (χ4v) is 4.42. The molecular weight excluding hydrogens is 238 g/mol. The lowest BCUT2D eigenvalue weighted by molar-refractivity contribution is -0.128. The number of carbonyl (C=O) groups excluding carboxylic acids is 1. The molecule has 0 radical (unpaired) electrons. The number of hydrogen-bond donors (Lipinski definition) is 2. The fraction of sp³-hybridized carbons (Fsp3) is 0.933. The lowest BCUT2D eigenvalue weighted by Gasteiger charge is -2.34. The Labute approximate surface area is 116 Å². The van der Waals surface area contributed by atoms with Crippen LogP contribution in [-0.4, -0.2) is 42.5 Å². The van der Waals surface area contributed by atoms with E-state index in [4.69, 9.17) is 5.73 Å². The molecule has 4 atom stereocenters. The minimum atomic E-state index is 0.1000. The zero-order chi connectivity index (χ0) is 13.4. The Kier molecular flexibility index (Phi) is 3.81. The second-order valence-corrected chi connectivity index (χ2v) is 6.65.